The number of piperazine rings is 1. The van der Waals surface area contributed by atoms with Crippen LogP contribution in [0.15, 0.2) is 49.1 Å². The summed E-state index contributed by atoms with van der Waals surface area (Å²) >= 11 is 0. The van der Waals surface area contributed by atoms with Crippen LogP contribution >= 0.6 is 0 Å². The van der Waals surface area contributed by atoms with Crippen molar-refractivity contribution in [1.82, 2.24) is 20.2 Å². The molecule has 1 saturated carbocycles. The Kier molecular flexibility index (Phi) is 6.92. The molecular weight excluding hydrogens is 419 g/mol. The summed E-state index contributed by atoms with van der Waals surface area (Å²) in [7, 11) is 2.10. The molecule has 1 saturated heterocycles. The van der Waals surface area contributed by atoms with Gasteiger partial charge in [-0.05, 0) is 43.3 Å². The minimum absolute atomic E-state index is 0.223. The summed E-state index contributed by atoms with van der Waals surface area (Å²) in [5.41, 5.74) is 2.45. The van der Waals surface area contributed by atoms with E-state index < -0.39 is 5.78 Å². The molecule has 0 unspecified atom stereocenters. The predicted octanol–water partition coefficient (Wildman–Crippen LogP) is 2.68. The monoisotopic (exact) mass is 446 g/mol. The third-order valence-electron chi connectivity index (χ3n) is 6.06. The molecular formula is C25H27FN6O. The van der Waals surface area contributed by atoms with Gasteiger partial charge >= 0.3 is 0 Å². The highest BCUT2D eigenvalue weighted by Crippen LogP contribution is 2.40. The average Bonchev–Trinajstić information content (AvgIpc) is 3.61. The van der Waals surface area contributed by atoms with Crippen molar-refractivity contribution in [2.24, 2.45) is 0 Å². The Labute approximate surface area is 193 Å². The first-order valence-electron chi connectivity index (χ1n) is 11.0. The van der Waals surface area contributed by atoms with Crippen LogP contribution in [0.2, 0.25) is 0 Å². The Hall–Kier alpha value is -3.41. The first-order chi connectivity index (χ1) is 15.9. The van der Waals surface area contributed by atoms with Gasteiger partial charge in [0.25, 0.3) is 5.78 Å². The molecule has 4 rings (SSSR count). The van der Waals surface area contributed by atoms with Crippen molar-refractivity contribution < 1.29 is 9.18 Å². The lowest BCUT2D eigenvalue weighted by atomic mass is 10.1. The summed E-state index contributed by atoms with van der Waals surface area (Å²) in [6, 6.07) is 10.6. The van der Waals surface area contributed by atoms with Crippen LogP contribution in [0.5, 0.6) is 0 Å². The number of carbonyl (C=O) groups excluding carboxylic acids is 1. The molecule has 1 aromatic carbocycles. The number of nitrogens with one attached hydrogen (secondary N) is 1. The Morgan fingerprint density at radius 3 is 2.67 bits per heavy atom. The van der Waals surface area contributed by atoms with Crippen LogP contribution < -0.4 is 10.2 Å². The van der Waals surface area contributed by atoms with Crippen LogP contribution in [0.1, 0.15) is 29.4 Å². The van der Waals surface area contributed by atoms with Crippen LogP contribution in [0.4, 0.5) is 10.2 Å². The van der Waals surface area contributed by atoms with Gasteiger partial charge in [0.15, 0.2) is 5.82 Å². The molecule has 1 N–H and O–H groups in total. The highest BCUT2D eigenvalue weighted by atomic mass is 19.1. The van der Waals surface area contributed by atoms with Crippen molar-refractivity contribution in [2.75, 3.05) is 38.1 Å². The lowest BCUT2D eigenvalue weighted by molar-refractivity contribution is -0.109. The van der Waals surface area contributed by atoms with Crippen LogP contribution in [-0.2, 0) is 11.3 Å². The number of anilines is 1. The fourth-order valence-electron chi connectivity index (χ4n) is 3.94. The van der Waals surface area contributed by atoms with E-state index in [-0.39, 0.29) is 5.82 Å². The Balaban J connectivity index is 1.48. The maximum atomic E-state index is 13.2. The van der Waals surface area contributed by atoms with Gasteiger partial charge in [-0.15, -0.1) is 0 Å². The number of hydrogen-bond donors (Lipinski definition) is 1. The van der Waals surface area contributed by atoms with Gasteiger partial charge in [0, 0.05) is 56.3 Å². The van der Waals surface area contributed by atoms with Crippen molar-refractivity contribution in [1.29, 1.82) is 5.26 Å². The molecule has 1 aliphatic carbocycles. The first-order valence-corrected chi connectivity index (χ1v) is 11.0. The fourth-order valence-corrected chi connectivity index (χ4v) is 3.94. The summed E-state index contributed by atoms with van der Waals surface area (Å²) in [6.07, 6.45) is 3.67. The summed E-state index contributed by atoms with van der Waals surface area (Å²) in [4.78, 5) is 25.2. The summed E-state index contributed by atoms with van der Waals surface area (Å²) in [5, 5.41) is 12.2. The second-order valence-corrected chi connectivity index (χ2v) is 8.55. The van der Waals surface area contributed by atoms with Gasteiger partial charge in [-0.1, -0.05) is 18.7 Å². The second-order valence-electron chi connectivity index (χ2n) is 8.55. The molecule has 1 aliphatic heterocycles. The van der Waals surface area contributed by atoms with E-state index in [9.17, 15) is 9.18 Å². The number of hydrogen-bond acceptors (Lipinski definition) is 7. The predicted molar refractivity (Wildman–Crippen MR) is 125 cm³/mol. The SMILES string of the molecule is C=C(/C=C\C(=O)C#N)c1nc(CN[C@@H]2C[C@H]2c2ccc(F)cc2)cc(N2CCN(C)CC2)n1. The maximum absolute atomic E-state index is 13.2. The van der Waals surface area contributed by atoms with E-state index in [4.69, 9.17) is 5.26 Å². The molecule has 170 valence electrons. The highest BCUT2D eigenvalue weighted by molar-refractivity contribution is 6.03. The fraction of sp³-hybridized carbons (Fsp3) is 0.360. The van der Waals surface area contributed by atoms with Crippen LogP contribution in [0.3, 0.4) is 0 Å². The Bertz CT molecular complexity index is 1100. The molecule has 2 heterocycles. The molecule has 2 aromatic rings. The molecule has 2 atom stereocenters. The molecule has 2 aliphatic rings. The Morgan fingerprint density at radius 2 is 1.97 bits per heavy atom. The molecule has 0 spiro atoms. The molecule has 8 heteroatoms. The highest BCUT2D eigenvalue weighted by Gasteiger charge is 2.37. The van der Waals surface area contributed by atoms with Crippen molar-refractivity contribution in [2.45, 2.75) is 24.9 Å². The number of aromatic nitrogens is 2. The van der Waals surface area contributed by atoms with E-state index in [1.165, 1.54) is 24.3 Å². The summed E-state index contributed by atoms with van der Waals surface area (Å²) < 4.78 is 13.2. The lowest BCUT2D eigenvalue weighted by Gasteiger charge is -2.33. The van der Waals surface area contributed by atoms with Gasteiger partial charge in [0.05, 0.1) is 5.69 Å². The zero-order valence-electron chi connectivity index (χ0n) is 18.7. The third-order valence-corrected chi connectivity index (χ3v) is 6.06. The molecule has 7 nitrogen and oxygen atoms in total. The number of benzene rings is 1. The summed E-state index contributed by atoms with van der Waals surface area (Å²) in [5.74, 6) is 0.778. The lowest BCUT2D eigenvalue weighted by Crippen LogP contribution is -2.45. The number of nitriles is 1. The number of nitrogens with zero attached hydrogens (tertiary/aromatic N) is 5. The minimum atomic E-state index is -0.645. The number of allylic oxidation sites excluding steroid dienone is 3. The molecule has 0 radical (unpaired) electrons. The average molecular weight is 447 g/mol. The molecule has 2 fully saturated rings. The van der Waals surface area contributed by atoms with E-state index >= 15 is 0 Å². The maximum Gasteiger partial charge on any atom is 0.255 e. The van der Waals surface area contributed by atoms with Crippen molar-refractivity contribution >= 4 is 17.2 Å². The number of likely N-dealkylation sites (N-methyl/N-ethyl adjacent to an activating group) is 1. The topological polar surface area (TPSA) is 85.1 Å². The number of carbonyl (C=O) groups is 1. The summed E-state index contributed by atoms with van der Waals surface area (Å²) in [6.45, 7) is 8.18. The third kappa shape index (κ3) is 5.89. The van der Waals surface area contributed by atoms with E-state index in [1.54, 1.807) is 6.07 Å². The minimum Gasteiger partial charge on any atom is -0.354 e. The van der Waals surface area contributed by atoms with E-state index in [0.29, 0.717) is 29.9 Å². The van der Waals surface area contributed by atoms with E-state index in [0.717, 1.165) is 49.7 Å². The first kappa shape index (κ1) is 22.8. The van der Waals surface area contributed by atoms with Crippen LogP contribution in [0.25, 0.3) is 5.57 Å². The number of ketones is 1. The Morgan fingerprint density at radius 1 is 1.24 bits per heavy atom. The van der Waals surface area contributed by atoms with Gasteiger partial charge < -0.3 is 15.1 Å². The molecule has 0 bridgehead atoms. The molecule has 1 aromatic heterocycles. The second kappa shape index (κ2) is 10.0. The van der Waals surface area contributed by atoms with E-state index in [2.05, 4.69) is 38.7 Å². The zero-order valence-corrected chi connectivity index (χ0v) is 18.7. The molecule has 0 amide bonds. The molecule has 33 heavy (non-hydrogen) atoms. The number of halogens is 1. The van der Waals surface area contributed by atoms with Gasteiger partial charge in [-0.3, -0.25) is 4.79 Å². The van der Waals surface area contributed by atoms with Gasteiger partial charge in [-0.2, -0.15) is 5.26 Å². The van der Waals surface area contributed by atoms with Crippen LogP contribution in [0, 0.1) is 17.1 Å². The van der Waals surface area contributed by atoms with Crippen LogP contribution in [-0.4, -0.2) is 59.9 Å². The zero-order chi connectivity index (χ0) is 23.4. The van der Waals surface area contributed by atoms with Gasteiger partial charge in [0.2, 0.25) is 0 Å². The van der Waals surface area contributed by atoms with Gasteiger partial charge in [0.1, 0.15) is 17.7 Å². The quantitative estimate of drug-likeness (QED) is 0.379. The largest absolute Gasteiger partial charge is 0.354 e. The van der Waals surface area contributed by atoms with Crippen molar-refractivity contribution in [3.8, 4) is 6.07 Å². The van der Waals surface area contributed by atoms with Gasteiger partial charge in [-0.25, -0.2) is 14.4 Å². The van der Waals surface area contributed by atoms with Crippen molar-refractivity contribution in [3.63, 3.8) is 0 Å². The normalized spacial score (nSPS) is 20.6. The van der Waals surface area contributed by atoms with E-state index in [1.807, 2.05) is 18.2 Å². The standard InChI is InChI=1S/C25H27FN6O/c1-17(3-8-21(33)15-27)25-29-20(13-24(30-25)32-11-9-31(2)10-12-32)16-28-23-14-22(23)18-4-6-19(26)7-5-18/h3-8,13,22-23,28H,1,9-12,14,16H2,2H3/b8-3-/t22-,23+/m0/s1. The smallest absolute Gasteiger partial charge is 0.255 e. The number of rotatable bonds is 8. The van der Waals surface area contributed by atoms with Crippen molar-refractivity contribution in [3.05, 3.63) is 72.0 Å².